The molecule has 0 fully saturated rings. The zero-order valence-corrected chi connectivity index (χ0v) is 16.2. The first-order chi connectivity index (χ1) is 13.6. The van der Waals surface area contributed by atoms with Gasteiger partial charge >= 0.3 is 0 Å². The number of aromatic nitrogens is 2. The van der Waals surface area contributed by atoms with Gasteiger partial charge in [0.05, 0.1) is 11.8 Å². The van der Waals surface area contributed by atoms with Crippen molar-refractivity contribution in [2.45, 2.75) is 20.0 Å². The summed E-state index contributed by atoms with van der Waals surface area (Å²) in [6.45, 7) is 2.40. The van der Waals surface area contributed by atoms with E-state index in [0.29, 0.717) is 16.8 Å². The summed E-state index contributed by atoms with van der Waals surface area (Å²) >= 11 is 1.36. The third kappa shape index (κ3) is 3.73. The topological polar surface area (TPSA) is 64.0 Å². The lowest BCUT2D eigenvalue weighted by Gasteiger charge is -2.08. The van der Waals surface area contributed by atoms with Gasteiger partial charge in [0.15, 0.2) is 0 Å². The number of carbonyl (C=O) groups excluding carboxylic acids is 1. The Hall–Kier alpha value is -3.25. The molecular weight excluding hydrogens is 370 g/mol. The molecule has 0 aliphatic rings. The van der Waals surface area contributed by atoms with E-state index in [2.05, 4.69) is 10.3 Å². The van der Waals surface area contributed by atoms with Gasteiger partial charge in [-0.15, -0.1) is 11.3 Å². The number of carbonyl (C=O) groups is 1. The first kappa shape index (κ1) is 18.1. The lowest BCUT2D eigenvalue weighted by atomic mass is 10.1. The predicted octanol–water partition coefficient (Wildman–Crippen LogP) is 3.75. The van der Waals surface area contributed by atoms with Crippen LogP contribution in [0.3, 0.4) is 0 Å². The van der Waals surface area contributed by atoms with Gasteiger partial charge in [0.25, 0.3) is 5.56 Å². The number of amides is 1. The lowest BCUT2D eigenvalue weighted by Crippen LogP contribution is -2.31. The van der Waals surface area contributed by atoms with Crippen molar-refractivity contribution in [3.05, 3.63) is 87.8 Å². The van der Waals surface area contributed by atoms with Crippen LogP contribution in [0.1, 0.15) is 11.1 Å². The van der Waals surface area contributed by atoms with E-state index < -0.39 is 0 Å². The second-order valence-electron chi connectivity index (χ2n) is 6.63. The van der Waals surface area contributed by atoms with E-state index in [-0.39, 0.29) is 18.0 Å². The number of thiophene rings is 1. The molecule has 0 unspecified atom stereocenters. The van der Waals surface area contributed by atoms with Gasteiger partial charge in [-0.3, -0.25) is 14.2 Å². The van der Waals surface area contributed by atoms with Crippen molar-refractivity contribution in [2.24, 2.45) is 0 Å². The fourth-order valence-electron chi connectivity index (χ4n) is 2.99. The Morgan fingerprint density at radius 1 is 1.11 bits per heavy atom. The molecule has 4 aromatic rings. The molecule has 140 valence electrons. The number of hydrogen-bond acceptors (Lipinski definition) is 4. The van der Waals surface area contributed by atoms with Crippen LogP contribution >= 0.6 is 11.3 Å². The van der Waals surface area contributed by atoms with Crippen molar-refractivity contribution in [2.75, 3.05) is 0 Å². The van der Waals surface area contributed by atoms with Gasteiger partial charge in [0, 0.05) is 17.5 Å². The Labute approximate surface area is 166 Å². The summed E-state index contributed by atoms with van der Waals surface area (Å²) in [5, 5.41) is 4.79. The standard InChI is InChI=1S/C22H19N3O2S/c1-15-7-9-16(10-8-15)11-23-19(26)12-25-14-24-20-18(13-28-21(20)22(25)27)17-5-3-2-4-6-17/h2-10,13-14H,11-12H2,1H3,(H,23,26). The van der Waals surface area contributed by atoms with Crippen molar-refractivity contribution in [3.63, 3.8) is 0 Å². The molecule has 2 aromatic carbocycles. The molecule has 28 heavy (non-hydrogen) atoms. The Kier molecular flexibility index (Phi) is 5.04. The highest BCUT2D eigenvalue weighted by Crippen LogP contribution is 2.30. The molecule has 0 aliphatic carbocycles. The minimum atomic E-state index is -0.219. The van der Waals surface area contributed by atoms with Crippen LogP contribution in [-0.2, 0) is 17.9 Å². The molecular formula is C22H19N3O2S. The van der Waals surface area contributed by atoms with Crippen LogP contribution in [0.2, 0.25) is 0 Å². The van der Waals surface area contributed by atoms with Gasteiger partial charge in [0.1, 0.15) is 11.2 Å². The van der Waals surface area contributed by atoms with Gasteiger partial charge in [-0.2, -0.15) is 0 Å². The maximum absolute atomic E-state index is 12.8. The molecule has 0 saturated carbocycles. The minimum Gasteiger partial charge on any atom is -0.350 e. The molecule has 5 nitrogen and oxygen atoms in total. The van der Waals surface area contributed by atoms with Gasteiger partial charge in [-0.1, -0.05) is 60.2 Å². The second kappa shape index (κ2) is 7.78. The summed E-state index contributed by atoms with van der Waals surface area (Å²) < 4.78 is 1.92. The van der Waals surface area contributed by atoms with E-state index in [9.17, 15) is 9.59 Å². The summed E-state index contributed by atoms with van der Waals surface area (Å²) in [7, 11) is 0. The van der Waals surface area contributed by atoms with Crippen LogP contribution in [0.25, 0.3) is 21.3 Å². The third-order valence-corrected chi connectivity index (χ3v) is 5.51. The number of nitrogens with zero attached hydrogens (tertiary/aromatic N) is 2. The maximum Gasteiger partial charge on any atom is 0.271 e. The molecule has 0 bridgehead atoms. The first-order valence-electron chi connectivity index (χ1n) is 8.96. The van der Waals surface area contributed by atoms with Crippen LogP contribution in [-0.4, -0.2) is 15.5 Å². The second-order valence-corrected chi connectivity index (χ2v) is 7.51. The predicted molar refractivity (Wildman–Crippen MR) is 112 cm³/mol. The van der Waals surface area contributed by atoms with Crippen LogP contribution < -0.4 is 10.9 Å². The molecule has 1 N–H and O–H groups in total. The van der Waals surface area contributed by atoms with E-state index >= 15 is 0 Å². The number of benzene rings is 2. The zero-order valence-electron chi connectivity index (χ0n) is 15.4. The number of fused-ring (bicyclic) bond motifs is 1. The van der Waals surface area contributed by atoms with Crippen LogP contribution in [0, 0.1) is 6.92 Å². The molecule has 0 saturated heterocycles. The number of rotatable bonds is 5. The average Bonchev–Trinajstić information content (AvgIpc) is 3.15. The van der Waals surface area contributed by atoms with E-state index in [0.717, 1.165) is 16.7 Å². The molecule has 6 heteroatoms. The highest BCUT2D eigenvalue weighted by atomic mass is 32.1. The molecule has 2 heterocycles. The first-order valence-corrected chi connectivity index (χ1v) is 9.84. The van der Waals surface area contributed by atoms with Crippen LogP contribution in [0.4, 0.5) is 0 Å². The van der Waals surface area contributed by atoms with Crippen molar-refractivity contribution in [1.29, 1.82) is 0 Å². The monoisotopic (exact) mass is 389 g/mol. The quantitative estimate of drug-likeness (QED) is 0.565. The van der Waals surface area contributed by atoms with Crippen molar-refractivity contribution in [1.82, 2.24) is 14.9 Å². The van der Waals surface area contributed by atoms with Crippen LogP contribution in [0.15, 0.2) is 71.1 Å². The molecule has 0 radical (unpaired) electrons. The summed E-state index contributed by atoms with van der Waals surface area (Å²) in [5.74, 6) is -0.219. The Bertz CT molecular complexity index is 1180. The Morgan fingerprint density at radius 2 is 1.86 bits per heavy atom. The summed E-state index contributed by atoms with van der Waals surface area (Å²) in [5.41, 5.74) is 4.64. The summed E-state index contributed by atoms with van der Waals surface area (Å²) in [6.07, 6.45) is 1.45. The van der Waals surface area contributed by atoms with Crippen molar-refractivity contribution < 1.29 is 4.79 Å². The van der Waals surface area contributed by atoms with E-state index in [1.807, 2.05) is 66.9 Å². The van der Waals surface area contributed by atoms with Gasteiger partial charge < -0.3 is 5.32 Å². The normalized spacial score (nSPS) is 10.9. The number of hydrogen-bond donors (Lipinski definition) is 1. The van der Waals surface area contributed by atoms with E-state index in [4.69, 9.17) is 0 Å². The largest absolute Gasteiger partial charge is 0.350 e. The fraction of sp³-hybridized carbons (Fsp3) is 0.136. The molecule has 0 spiro atoms. The van der Waals surface area contributed by atoms with Crippen molar-refractivity contribution >= 4 is 27.5 Å². The molecule has 1 amide bonds. The summed E-state index contributed by atoms with van der Waals surface area (Å²) in [4.78, 5) is 29.5. The third-order valence-electron chi connectivity index (χ3n) is 4.56. The maximum atomic E-state index is 12.8. The van der Waals surface area contributed by atoms with Gasteiger partial charge in [-0.05, 0) is 18.1 Å². The zero-order chi connectivity index (χ0) is 19.5. The van der Waals surface area contributed by atoms with Gasteiger partial charge in [-0.25, -0.2) is 4.98 Å². The van der Waals surface area contributed by atoms with Gasteiger partial charge in [0.2, 0.25) is 5.91 Å². The Balaban J connectivity index is 1.51. The van der Waals surface area contributed by atoms with Crippen LogP contribution in [0.5, 0.6) is 0 Å². The average molecular weight is 389 g/mol. The van der Waals surface area contributed by atoms with E-state index in [1.165, 1.54) is 27.8 Å². The molecule has 0 atom stereocenters. The Morgan fingerprint density at radius 3 is 2.61 bits per heavy atom. The highest BCUT2D eigenvalue weighted by Gasteiger charge is 2.13. The number of aryl methyl sites for hydroxylation is 1. The fourth-order valence-corrected chi connectivity index (χ4v) is 3.97. The minimum absolute atomic E-state index is 0.0494. The van der Waals surface area contributed by atoms with E-state index in [1.54, 1.807) is 0 Å². The number of nitrogens with one attached hydrogen (secondary N) is 1. The summed E-state index contributed by atoms with van der Waals surface area (Å²) in [6, 6.07) is 17.8. The smallest absolute Gasteiger partial charge is 0.271 e. The molecule has 4 rings (SSSR count). The van der Waals surface area contributed by atoms with Crippen molar-refractivity contribution in [3.8, 4) is 11.1 Å². The lowest BCUT2D eigenvalue weighted by molar-refractivity contribution is -0.121. The SMILES string of the molecule is Cc1ccc(CNC(=O)Cn2cnc3c(-c4ccccc4)csc3c2=O)cc1. The molecule has 0 aliphatic heterocycles. The highest BCUT2D eigenvalue weighted by molar-refractivity contribution is 7.17. The molecule has 2 aromatic heterocycles.